The van der Waals surface area contributed by atoms with Crippen molar-refractivity contribution < 1.29 is 4.39 Å². The minimum atomic E-state index is -0.287. The van der Waals surface area contributed by atoms with Gasteiger partial charge in [-0.25, -0.2) is 4.39 Å². The highest BCUT2D eigenvalue weighted by atomic mass is 35.5. The highest BCUT2D eigenvalue weighted by molar-refractivity contribution is 7.19. The molecule has 0 spiro atoms. The minimum absolute atomic E-state index is 0.287. The average molecular weight is 397 g/mol. The highest BCUT2D eigenvalue weighted by Gasteiger charge is 2.17. The molecule has 0 fully saturated rings. The van der Waals surface area contributed by atoms with Crippen molar-refractivity contribution in [1.82, 2.24) is 30.0 Å². The number of rotatable bonds is 3. The van der Waals surface area contributed by atoms with E-state index in [9.17, 15) is 4.39 Å². The maximum atomic E-state index is 13.1. The summed E-state index contributed by atoms with van der Waals surface area (Å²) in [6.07, 6.45) is 0. The number of nitrogens with one attached hydrogen (secondary N) is 1. The van der Waals surface area contributed by atoms with E-state index in [2.05, 4.69) is 25.5 Å². The zero-order valence-corrected chi connectivity index (χ0v) is 15.2. The second-order valence-corrected chi connectivity index (χ2v) is 7.20. The normalized spacial score (nSPS) is 11.3. The minimum Gasteiger partial charge on any atom is -0.274 e. The molecular weight excluding hydrogens is 387 g/mol. The summed E-state index contributed by atoms with van der Waals surface area (Å²) in [7, 11) is 0. The molecule has 6 nitrogen and oxygen atoms in total. The van der Waals surface area contributed by atoms with Gasteiger partial charge in [-0.2, -0.15) is 14.7 Å². The average Bonchev–Trinajstić information content (AvgIpc) is 3.37. The Kier molecular flexibility index (Phi) is 3.73. The first-order valence-corrected chi connectivity index (χ1v) is 9.17. The van der Waals surface area contributed by atoms with E-state index in [1.807, 2.05) is 30.3 Å². The summed E-state index contributed by atoms with van der Waals surface area (Å²) in [5.74, 6) is 0.264. The number of H-pyrrole nitrogens is 1. The molecule has 3 heterocycles. The molecule has 0 atom stereocenters. The summed E-state index contributed by atoms with van der Waals surface area (Å²) in [5, 5.41) is 21.7. The van der Waals surface area contributed by atoms with Gasteiger partial charge in [-0.3, -0.25) is 5.10 Å². The van der Waals surface area contributed by atoms with Gasteiger partial charge >= 0.3 is 0 Å². The van der Waals surface area contributed by atoms with Crippen molar-refractivity contribution in [1.29, 1.82) is 0 Å². The van der Waals surface area contributed by atoms with Crippen molar-refractivity contribution in [3.05, 3.63) is 65.4 Å². The van der Waals surface area contributed by atoms with E-state index in [0.717, 1.165) is 16.1 Å². The number of nitrogens with zero attached hydrogens (tertiary/aromatic N) is 5. The molecule has 0 amide bonds. The van der Waals surface area contributed by atoms with E-state index in [4.69, 9.17) is 11.6 Å². The maximum absolute atomic E-state index is 13.1. The Bertz CT molecular complexity index is 1260. The van der Waals surface area contributed by atoms with Gasteiger partial charge < -0.3 is 0 Å². The van der Waals surface area contributed by atoms with Crippen molar-refractivity contribution >= 4 is 27.9 Å². The van der Waals surface area contributed by atoms with Crippen LogP contribution in [0.1, 0.15) is 0 Å². The smallest absolute Gasteiger partial charge is 0.235 e. The fourth-order valence-corrected chi connectivity index (χ4v) is 3.75. The van der Waals surface area contributed by atoms with Crippen molar-refractivity contribution in [2.24, 2.45) is 0 Å². The molecule has 0 saturated heterocycles. The first kappa shape index (κ1) is 16.1. The van der Waals surface area contributed by atoms with E-state index in [1.54, 1.807) is 16.6 Å². The third-order valence-electron chi connectivity index (χ3n) is 4.02. The number of benzene rings is 2. The van der Waals surface area contributed by atoms with Gasteiger partial charge in [-0.1, -0.05) is 35.1 Å². The van der Waals surface area contributed by atoms with E-state index in [1.165, 1.54) is 23.5 Å². The van der Waals surface area contributed by atoms with Gasteiger partial charge in [0.2, 0.25) is 10.8 Å². The second kappa shape index (κ2) is 6.26. The lowest BCUT2D eigenvalue weighted by atomic mass is 10.1. The van der Waals surface area contributed by atoms with Gasteiger partial charge in [0.05, 0.1) is 5.69 Å². The van der Waals surface area contributed by atoms with Crippen LogP contribution in [0.25, 0.3) is 38.3 Å². The van der Waals surface area contributed by atoms with Gasteiger partial charge in [0.15, 0.2) is 0 Å². The van der Waals surface area contributed by atoms with Crippen LogP contribution in [0, 0.1) is 5.82 Å². The summed E-state index contributed by atoms with van der Waals surface area (Å²) in [6, 6.07) is 15.5. The fraction of sp³-hybridized carbons (Fsp3) is 0. The number of aromatic nitrogens is 6. The predicted octanol–water partition coefficient (Wildman–Crippen LogP) is 4.70. The van der Waals surface area contributed by atoms with Crippen molar-refractivity contribution in [2.45, 2.75) is 0 Å². The molecule has 3 aromatic heterocycles. The largest absolute Gasteiger partial charge is 0.274 e. The van der Waals surface area contributed by atoms with Crippen LogP contribution in [0.2, 0.25) is 5.02 Å². The molecule has 0 aliphatic carbocycles. The summed E-state index contributed by atoms with van der Waals surface area (Å²) in [6.45, 7) is 0. The molecule has 1 N–H and O–H groups in total. The van der Waals surface area contributed by atoms with Crippen LogP contribution in [0.4, 0.5) is 4.39 Å². The van der Waals surface area contributed by atoms with E-state index < -0.39 is 0 Å². The molecule has 5 rings (SSSR count). The lowest BCUT2D eigenvalue weighted by Crippen LogP contribution is -1.91. The molecule has 0 unspecified atom stereocenters. The van der Waals surface area contributed by atoms with Crippen LogP contribution < -0.4 is 0 Å². The van der Waals surface area contributed by atoms with Crippen molar-refractivity contribution in [2.75, 3.05) is 0 Å². The van der Waals surface area contributed by atoms with Crippen molar-refractivity contribution in [3.8, 4) is 33.3 Å². The molecule has 0 aliphatic rings. The Morgan fingerprint density at radius 2 is 1.85 bits per heavy atom. The Morgan fingerprint density at radius 1 is 1.00 bits per heavy atom. The Balaban J connectivity index is 1.55. The first-order chi connectivity index (χ1) is 13.2. The number of hydrogen-bond donors (Lipinski definition) is 1. The molecule has 0 aliphatic heterocycles. The highest BCUT2D eigenvalue weighted by Crippen LogP contribution is 2.30. The summed E-state index contributed by atoms with van der Waals surface area (Å²) in [4.78, 5) is 0.665. The van der Waals surface area contributed by atoms with Gasteiger partial charge in [-0.15, -0.1) is 10.2 Å². The molecule has 9 heteroatoms. The van der Waals surface area contributed by atoms with E-state index in [0.29, 0.717) is 27.2 Å². The topological polar surface area (TPSA) is 71.8 Å². The van der Waals surface area contributed by atoms with Gasteiger partial charge in [0, 0.05) is 16.1 Å². The fourth-order valence-electron chi connectivity index (χ4n) is 2.73. The Morgan fingerprint density at radius 3 is 2.67 bits per heavy atom. The van der Waals surface area contributed by atoms with E-state index >= 15 is 0 Å². The molecule has 27 heavy (non-hydrogen) atoms. The standard InChI is InChI=1S/C18H10ClFN6S/c19-12-3-1-2-11(8-12)17-25-26-16(23-24-18(26)27-17)15-9-14(21-22-15)10-4-6-13(20)7-5-10/h1-9H,(H,21,22). The first-order valence-electron chi connectivity index (χ1n) is 7.97. The maximum Gasteiger partial charge on any atom is 0.235 e. The zero-order chi connectivity index (χ0) is 18.4. The summed E-state index contributed by atoms with van der Waals surface area (Å²) in [5.41, 5.74) is 3.08. The number of aromatic amines is 1. The third-order valence-corrected chi connectivity index (χ3v) is 5.20. The molecule has 0 radical (unpaired) electrons. The summed E-state index contributed by atoms with van der Waals surface area (Å²) >= 11 is 7.49. The van der Waals surface area contributed by atoms with Crippen LogP contribution in [0.15, 0.2) is 54.6 Å². The SMILES string of the molecule is Fc1ccc(-c2cc(-c3nnc4sc(-c5cccc(Cl)c5)nn34)[nH]n2)cc1. The molecule has 0 saturated carbocycles. The van der Waals surface area contributed by atoms with Gasteiger partial charge in [0.25, 0.3) is 0 Å². The lowest BCUT2D eigenvalue weighted by molar-refractivity contribution is 0.628. The van der Waals surface area contributed by atoms with Crippen LogP contribution in [-0.2, 0) is 0 Å². The Hall–Kier alpha value is -3.10. The monoisotopic (exact) mass is 396 g/mol. The van der Waals surface area contributed by atoms with E-state index in [-0.39, 0.29) is 5.82 Å². The number of halogens is 2. The molecule has 2 aromatic carbocycles. The van der Waals surface area contributed by atoms with Crippen LogP contribution in [0.5, 0.6) is 0 Å². The third kappa shape index (κ3) is 2.88. The Labute approximate surface area is 161 Å². The zero-order valence-electron chi connectivity index (χ0n) is 13.6. The molecule has 0 bridgehead atoms. The summed E-state index contributed by atoms with van der Waals surface area (Å²) < 4.78 is 14.8. The number of fused-ring (bicyclic) bond motifs is 1. The van der Waals surface area contributed by atoms with Crippen LogP contribution in [-0.4, -0.2) is 30.0 Å². The van der Waals surface area contributed by atoms with Gasteiger partial charge in [-0.05, 0) is 42.5 Å². The second-order valence-electron chi connectivity index (χ2n) is 5.81. The van der Waals surface area contributed by atoms with Crippen LogP contribution >= 0.6 is 22.9 Å². The van der Waals surface area contributed by atoms with Crippen molar-refractivity contribution in [3.63, 3.8) is 0 Å². The molecule has 5 aromatic rings. The van der Waals surface area contributed by atoms with Crippen LogP contribution in [0.3, 0.4) is 0 Å². The quantitative estimate of drug-likeness (QED) is 0.479. The number of hydrogen-bond acceptors (Lipinski definition) is 5. The molecular formula is C18H10ClFN6S. The predicted molar refractivity (Wildman–Crippen MR) is 102 cm³/mol. The molecule has 132 valence electrons. The lowest BCUT2D eigenvalue weighted by Gasteiger charge is -1.96. The van der Waals surface area contributed by atoms with Gasteiger partial charge in [0.1, 0.15) is 16.5 Å².